The molecule has 0 aliphatic heterocycles. The van der Waals surface area contributed by atoms with Crippen LogP contribution < -0.4 is 4.74 Å². The fourth-order valence-corrected chi connectivity index (χ4v) is 2.12. The van der Waals surface area contributed by atoms with Gasteiger partial charge in [-0.2, -0.15) is 0 Å². The molecular formula is C16H12ClN3O2. The van der Waals surface area contributed by atoms with E-state index in [1.165, 1.54) is 0 Å². The van der Waals surface area contributed by atoms with Crippen molar-refractivity contribution in [3.05, 3.63) is 71.0 Å². The monoisotopic (exact) mass is 313 g/mol. The maximum Gasteiger partial charge on any atom is 0.366 e. The summed E-state index contributed by atoms with van der Waals surface area (Å²) >= 11 is 5.87. The van der Waals surface area contributed by atoms with Crippen molar-refractivity contribution in [1.82, 2.24) is 15.0 Å². The zero-order chi connectivity index (χ0) is 15.5. The highest BCUT2D eigenvalue weighted by atomic mass is 35.5. The molecule has 110 valence electrons. The van der Waals surface area contributed by atoms with E-state index in [9.17, 15) is 4.79 Å². The number of ether oxygens (including phenoxy) is 1. The van der Waals surface area contributed by atoms with E-state index in [0.29, 0.717) is 16.5 Å². The third-order valence-electron chi connectivity index (χ3n) is 3.11. The van der Waals surface area contributed by atoms with Gasteiger partial charge < -0.3 is 4.74 Å². The van der Waals surface area contributed by atoms with Gasteiger partial charge in [0.2, 0.25) is 0 Å². The molecule has 0 unspecified atom stereocenters. The molecule has 0 fully saturated rings. The van der Waals surface area contributed by atoms with E-state index < -0.39 is 5.97 Å². The molecular weight excluding hydrogens is 302 g/mol. The molecule has 3 aromatic rings. The van der Waals surface area contributed by atoms with E-state index in [4.69, 9.17) is 16.3 Å². The van der Waals surface area contributed by atoms with Gasteiger partial charge in [0, 0.05) is 5.02 Å². The molecule has 2 aromatic carbocycles. The first kappa shape index (κ1) is 14.3. The standard InChI is InChI=1S/C16H12ClN3O2/c1-11-15(16(21)22-14-5-3-2-4-6-14)18-19-20(11)13-9-7-12(17)8-10-13/h2-10H,1H3. The largest absolute Gasteiger partial charge is 0.422 e. The van der Waals surface area contributed by atoms with Crippen LogP contribution in [0.2, 0.25) is 5.02 Å². The van der Waals surface area contributed by atoms with Gasteiger partial charge in [-0.3, -0.25) is 0 Å². The Bertz CT molecular complexity index is 798. The number of para-hydroxylation sites is 1. The van der Waals surface area contributed by atoms with Gasteiger partial charge in [0.15, 0.2) is 5.69 Å². The van der Waals surface area contributed by atoms with Gasteiger partial charge in [-0.1, -0.05) is 35.0 Å². The van der Waals surface area contributed by atoms with Crippen LogP contribution >= 0.6 is 11.6 Å². The molecule has 1 aromatic heterocycles. The number of esters is 1. The number of rotatable bonds is 3. The Balaban J connectivity index is 1.87. The zero-order valence-electron chi connectivity index (χ0n) is 11.7. The van der Waals surface area contributed by atoms with Crippen LogP contribution in [-0.4, -0.2) is 21.0 Å². The summed E-state index contributed by atoms with van der Waals surface area (Å²) in [5.41, 5.74) is 1.55. The molecule has 0 amide bonds. The van der Waals surface area contributed by atoms with Crippen molar-refractivity contribution in [1.29, 1.82) is 0 Å². The van der Waals surface area contributed by atoms with E-state index in [-0.39, 0.29) is 5.69 Å². The van der Waals surface area contributed by atoms with Crippen LogP contribution in [0.4, 0.5) is 0 Å². The molecule has 0 bridgehead atoms. The second-order valence-electron chi connectivity index (χ2n) is 4.61. The lowest BCUT2D eigenvalue weighted by molar-refractivity contribution is 0.0727. The van der Waals surface area contributed by atoms with Crippen molar-refractivity contribution in [3.63, 3.8) is 0 Å². The van der Waals surface area contributed by atoms with Crippen LogP contribution in [-0.2, 0) is 0 Å². The van der Waals surface area contributed by atoms with Crippen molar-refractivity contribution >= 4 is 17.6 Å². The quantitative estimate of drug-likeness (QED) is 0.549. The van der Waals surface area contributed by atoms with Gasteiger partial charge in [-0.15, -0.1) is 5.10 Å². The molecule has 5 nitrogen and oxygen atoms in total. The topological polar surface area (TPSA) is 57.0 Å². The van der Waals surface area contributed by atoms with Crippen LogP contribution in [0.3, 0.4) is 0 Å². The summed E-state index contributed by atoms with van der Waals surface area (Å²) in [6, 6.07) is 15.9. The van der Waals surface area contributed by atoms with E-state index in [0.717, 1.165) is 5.69 Å². The Hall–Kier alpha value is -2.66. The Kier molecular flexibility index (Phi) is 3.89. The summed E-state index contributed by atoms with van der Waals surface area (Å²) < 4.78 is 6.84. The molecule has 0 N–H and O–H groups in total. The van der Waals surface area contributed by atoms with Crippen molar-refractivity contribution in [2.24, 2.45) is 0 Å². The lowest BCUT2D eigenvalue weighted by atomic mass is 10.3. The Labute approximate surface area is 132 Å². The van der Waals surface area contributed by atoms with Crippen molar-refractivity contribution in [2.75, 3.05) is 0 Å². The summed E-state index contributed by atoms with van der Waals surface area (Å²) in [6.45, 7) is 1.76. The molecule has 0 radical (unpaired) electrons. The second kappa shape index (κ2) is 5.99. The van der Waals surface area contributed by atoms with Crippen molar-refractivity contribution in [2.45, 2.75) is 6.92 Å². The number of aromatic nitrogens is 3. The zero-order valence-corrected chi connectivity index (χ0v) is 12.5. The normalized spacial score (nSPS) is 10.5. The Morgan fingerprint density at radius 1 is 1.09 bits per heavy atom. The maximum atomic E-state index is 12.2. The number of halogens is 1. The van der Waals surface area contributed by atoms with Crippen LogP contribution in [0.1, 0.15) is 16.2 Å². The van der Waals surface area contributed by atoms with Crippen LogP contribution in [0, 0.1) is 6.92 Å². The lowest BCUT2D eigenvalue weighted by Crippen LogP contribution is -2.11. The summed E-state index contributed by atoms with van der Waals surface area (Å²) in [7, 11) is 0. The molecule has 1 heterocycles. The van der Waals surface area contributed by atoms with Gasteiger partial charge in [0.05, 0.1) is 11.4 Å². The first-order chi connectivity index (χ1) is 10.6. The average Bonchev–Trinajstić information content (AvgIpc) is 2.91. The van der Waals surface area contributed by atoms with Crippen molar-refractivity contribution < 1.29 is 9.53 Å². The molecule has 0 atom stereocenters. The minimum absolute atomic E-state index is 0.179. The van der Waals surface area contributed by atoms with Crippen LogP contribution in [0.15, 0.2) is 54.6 Å². The second-order valence-corrected chi connectivity index (χ2v) is 5.05. The molecule has 0 saturated carbocycles. The summed E-state index contributed by atoms with van der Waals surface area (Å²) in [4.78, 5) is 12.2. The number of nitrogens with zero attached hydrogens (tertiary/aromatic N) is 3. The van der Waals surface area contributed by atoms with Gasteiger partial charge in [-0.05, 0) is 43.3 Å². The molecule has 0 aliphatic rings. The van der Waals surface area contributed by atoms with Gasteiger partial charge >= 0.3 is 5.97 Å². The Morgan fingerprint density at radius 3 is 2.45 bits per heavy atom. The van der Waals surface area contributed by atoms with Gasteiger partial charge in [0.1, 0.15) is 5.75 Å². The van der Waals surface area contributed by atoms with Gasteiger partial charge in [-0.25, -0.2) is 9.48 Å². The Morgan fingerprint density at radius 2 is 1.77 bits per heavy atom. The van der Waals surface area contributed by atoms with E-state index >= 15 is 0 Å². The lowest BCUT2D eigenvalue weighted by Gasteiger charge is -2.04. The SMILES string of the molecule is Cc1c(C(=O)Oc2ccccc2)nnn1-c1ccc(Cl)cc1. The highest BCUT2D eigenvalue weighted by Gasteiger charge is 2.19. The third-order valence-corrected chi connectivity index (χ3v) is 3.36. The molecule has 0 saturated heterocycles. The minimum Gasteiger partial charge on any atom is -0.422 e. The third kappa shape index (κ3) is 2.84. The number of hydrogen-bond acceptors (Lipinski definition) is 4. The predicted molar refractivity (Wildman–Crippen MR) is 82.5 cm³/mol. The van der Waals surface area contributed by atoms with E-state index in [1.807, 2.05) is 6.07 Å². The van der Waals surface area contributed by atoms with Crippen molar-refractivity contribution in [3.8, 4) is 11.4 Å². The number of hydrogen-bond donors (Lipinski definition) is 0. The van der Waals surface area contributed by atoms with Crippen LogP contribution in [0.5, 0.6) is 5.75 Å². The molecule has 22 heavy (non-hydrogen) atoms. The average molecular weight is 314 g/mol. The number of benzene rings is 2. The number of carbonyl (C=O) groups excluding carboxylic acids is 1. The maximum absolute atomic E-state index is 12.2. The first-order valence-electron chi connectivity index (χ1n) is 6.60. The predicted octanol–water partition coefficient (Wildman–Crippen LogP) is 3.45. The smallest absolute Gasteiger partial charge is 0.366 e. The number of carbonyl (C=O) groups is 1. The van der Waals surface area contributed by atoms with Crippen LogP contribution in [0.25, 0.3) is 5.69 Å². The summed E-state index contributed by atoms with van der Waals surface area (Å²) in [5, 5.41) is 8.55. The highest BCUT2D eigenvalue weighted by molar-refractivity contribution is 6.30. The van der Waals surface area contributed by atoms with E-state index in [1.54, 1.807) is 60.1 Å². The van der Waals surface area contributed by atoms with Gasteiger partial charge in [0.25, 0.3) is 0 Å². The summed E-state index contributed by atoms with van der Waals surface area (Å²) in [5.74, 6) is -0.0724. The summed E-state index contributed by atoms with van der Waals surface area (Å²) in [6.07, 6.45) is 0. The molecule has 6 heteroatoms. The molecule has 0 aliphatic carbocycles. The fraction of sp³-hybridized carbons (Fsp3) is 0.0625. The highest BCUT2D eigenvalue weighted by Crippen LogP contribution is 2.17. The molecule has 0 spiro atoms. The van der Waals surface area contributed by atoms with E-state index in [2.05, 4.69) is 10.3 Å². The fourth-order valence-electron chi connectivity index (χ4n) is 1.99. The first-order valence-corrected chi connectivity index (χ1v) is 6.98. The minimum atomic E-state index is -0.538. The molecule has 3 rings (SSSR count).